The van der Waals surface area contributed by atoms with Crippen molar-refractivity contribution in [3.05, 3.63) is 29.3 Å². The Morgan fingerprint density at radius 1 is 1.25 bits per heavy atom. The fraction of sp³-hybridized carbons (Fsp3) is 0.467. The van der Waals surface area contributed by atoms with Crippen LogP contribution in [0.15, 0.2) is 18.2 Å². The van der Waals surface area contributed by atoms with Crippen LogP contribution in [-0.2, 0) is 9.59 Å². The van der Waals surface area contributed by atoms with E-state index in [1.807, 2.05) is 45.9 Å². The van der Waals surface area contributed by atoms with Crippen LogP contribution in [0.5, 0.6) is 0 Å². The van der Waals surface area contributed by atoms with E-state index in [2.05, 4.69) is 5.32 Å². The highest BCUT2D eigenvalue weighted by atomic mass is 16.4. The Morgan fingerprint density at radius 2 is 1.90 bits per heavy atom. The third kappa shape index (κ3) is 4.66. The highest BCUT2D eigenvalue weighted by Crippen LogP contribution is 2.17. The van der Waals surface area contributed by atoms with Gasteiger partial charge in [0.15, 0.2) is 0 Å². The zero-order chi connectivity index (χ0) is 15.3. The first-order valence-corrected chi connectivity index (χ1v) is 6.63. The molecule has 0 heterocycles. The van der Waals surface area contributed by atoms with Gasteiger partial charge in [-0.15, -0.1) is 0 Å². The topological polar surface area (TPSA) is 69.6 Å². The van der Waals surface area contributed by atoms with Crippen LogP contribution < -0.4 is 5.32 Å². The van der Waals surface area contributed by atoms with Gasteiger partial charge >= 0.3 is 5.97 Å². The standard InChI is InChI=1S/C15H22N2O3/c1-10(2)17(9-15(19)20)8-14(18)16-13-7-5-6-11(3)12(13)4/h5-7,10H,8-9H2,1-4H3,(H,16,18)(H,19,20). The first-order valence-electron chi connectivity index (χ1n) is 6.63. The Bertz CT molecular complexity index is 498. The maximum atomic E-state index is 12.0. The predicted octanol–water partition coefficient (Wildman–Crippen LogP) is 2.04. The van der Waals surface area contributed by atoms with Crippen LogP contribution in [0.2, 0.25) is 0 Å². The maximum absolute atomic E-state index is 12.0. The van der Waals surface area contributed by atoms with E-state index in [1.54, 1.807) is 4.90 Å². The van der Waals surface area contributed by atoms with Crippen LogP contribution >= 0.6 is 0 Å². The highest BCUT2D eigenvalue weighted by molar-refractivity contribution is 5.93. The van der Waals surface area contributed by atoms with Crippen molar-refractivity contribution in [3.63, 3.8) is 0 Å². The number of hydrogen-bond donors (Lipinski definition) is 2. The van der Waals surface area contributed by atoms with E-state index in [1.165, 1.54) is 0 Å². The summed E-state index contributed by atoms with van der Waals surface area (Å²) in [6, 6.07) is 5.71. The van der Waals surface area contributed by atoms with Gasteiger partial charge < -0.3 is 10.4 Å². The summed E-state index contributed by atoms with van der Waals surface area (Å²) in [4.78, 5) is 24.4. The van der Waals surface area contributed by atoms with Gasteiger partial charge in [-0.05, 0) is 44.9 Å². The molecule has 0 spiro atoms. The fourth-order valence-corrected chi connectivity index (χ4v) is 1.86. The van der Waals surface area contributed by atoms with Crippen molar-refractivity contribution in [3.8, 4) is 0 Å². The number of nitrogens with zero attached hydrogens (tertiary/aromatic N) is 1. The number of aryl methyl sites for hydroxylation is 1. The normalized spacial score (nSPS) is 10.9. The molecule has 0 fully saturated rings. The van der Waals surface area contributed by atoms with Crippen LogP contribution in [0.4, 0.5) is 5.69 Å². The van der Waals surface area contributed by atoms with Gasteiger partial charge in [0.1, 0.15) is 0 Å². The number of carboxylic acid groups (broad SMARTS) is 1. The molecule has 0 aliphatic rings. The van der Waals surface area contributed by atoms with Crippen LogP contribution in [0.25, 0.3) is 0 Å². The summed E-state index contributed by atoms with van der Waals surface area (Å²) in [6.45, 7) is 7.59. The number of anilines is 1. The second kappa shape index (κ2) is 7.05. The molecule has 0 aliphatic carbocycles. The SMILES string of the molecule is Cc1cccc(NC(=O)CN(CC(=O)O)C(C)C)c1C. The summed E-state index contributed by atoms with van der Waals surface area (Å²) in [7, 11) is 0. The minimum absolute atomic E-state index is 0.00421. The zero-order valence-electron chi connectivity index (χ0n) is 12.4. The summed E-state index contributed by atoms with van der Waals surface area (Å²) in [5.74, 6) is -1.13. The molecule has 5 nitrogen and oxygen atoms in total. The van der Waals surface area contributed by atoms with Crippen molar-refractivity contribution in [2.45, 2.75) is 33.7 Å². The maximum Gasteiger partial charge on any atom is 0.317 e. The Balaban J connectivity index is 2.70. The molecule has 110 valence electrons. The van der Waals surface area contributed by atoms with Crippen molar-refractivity contribution < 1.29 is 14.7 Å². The fourth-order valence-electron chi connectivity index (χ4n) is 1.86. The number of carbonyl (C=O) groups is 2. The molecule has 0 unspecified atom stereocenters. The molecule has 0 radical (unpaired) electrons. The number of rotatable bonds is 6. The molecule has 0 bridgehead atoms. The second-order valence-electron chi connectivity index (χ2n) is 5.19. The second-order valence-corrected chi connectivity index (χ2v) is 5.19. The third-order valence-electron chi connectivity index (χ3n) is 3.29. The number of aliphatic carboxylic acids is 1. The van der Waals surface area contributed by atoms with Gasteiger partial charge in [0, 0.05) is 11.7 Å². The Hall–Kier alpha value is -1.88. The lowest BCUT2D eigenvalue weighted by molar-refractivity contribution is -0.139. The average Bonchev–Trinajstić information content (AvgIpc) is 2.33. The predicted molar refractivity (Wildman–Crippen MR) is 78.9 cm³/mol. The number of benzene rings is 1. The monoisotopic (exact) mass is 278 g/mol. The molecular formula is C15H22N2O3. The van der Waals surface area contributed by atoms with E-state index in [0.717, 1.165) is 16.8 Å². The Kier molecular flexibility index (Phi) is 5.70. The first-order chi connectivity index (χ1) is 9.31. The molecule has 0 saturated heterocycles. The van der Waals surface area contributed by atoms with Crippen molar-refractivity contribution >= 4 is 17.6 Å². The summed E-state index contributed by atoms with van der Waals surface area (Å²) in [6.07, 6.45) is 0. The molecule has 0 aromatic heterocycles. The number of carbonyl (C=O) groups excluding carboxylic acids is 1. The van der Waals surface area contributed by atoms with Gasteiger partial charge in [-0.3, -0.25) is 14.5 Å². The van der Waals surface area contributed by atoms with Crippen molar-refractivity contribution in [1.29, 1.82) is 0 Å². The van der Waals surface area contributed by atoms with Gasteiger partial charge in [0.05, 0.1) is 13.1 Å². The molecule has 0 saturated carbocycles. The molecule has 1 aromatic rings. The van der Waals surface area contributed by atoms with E-state index in [4.69, 9.17) is 5.11 Å². The van der Waals surface area contributed by atoms with Crippen LogP contribution in [0.1, 0.15) is 25.0 Å². The van der Waals surface area contributed by atoms with E-state index < -0.39 is 5.97 Å². The van der Waals surface area contributed by atoms with Gasteiger partial charge in [-0.2, -0.15) is 0 Å². The highest BCUT2D eigenvalue weighted by Gasteiger charge is 2.17. The number of hydrogen-bond acceptors (Lipinski definition) is 3. The molecular weight excluding hydrogens is 256 g/mol. The van der Waals surface area contributed by atoms with Gasteiger partial charge in [-0.1, -0.05) is 12.1 Å². The van der Waals surface area contributed by atoms with Crippen LogP contribution in [0.3, 0.4) is 0 Å². The van der Waals surface area contributed by atoms with Crippen LogP contribution in [0, 0.1) is 13.8 Å². The smallest absolute Gasteiger partial charge is 0.317 e. The molecule has 1 rings (SSSR count). The number of nitrogens with one attached hydrogen (secondary N) is 1. The summed E-state index contributed by atoms with van der Waals surface area (Å²) < 4.78 is 0. The van der Waals surface area contributed by atoms with Gasteiger partial charge in [-0.25, -0.2) is 0 Å². The average molecular weight is 278 g/mol. The van der Waals surface area contributed by atoms with E-state index in [9.17, 15) is 9.59 Å². The largest absolute Gasteiger partial charge is 0.480 e. The van der Waals surface area contributed by atoms with Crippen molar-refractivity contribution in [2.24, 2.45) is 0 Å². The van der Waals surface area contributed by atoms with Crippen LogP contribution in [-0.4, -0.2) is 41.0 Å². The van der Waals surface area contributed by atoms with Crippen molar-refractivity contribution in [1.82, 2.24) is 4.90 Å². The lowest BCUT2D eigenvalue weighted by atomic mass is 10.1. The third-order valence-corrected chi connectivity index (χ3v) is 3.29. The van der Waals surface area contributed by atoms with Crippen molar-refractivity contribution in [2.75, 3.05) is 18.4 Å². The quantitative estimate of drug-likeness (QED) is 0.835. The van der Waals surface area contributed by atoms with E-state index in [-0.39, 0.29) is 25.0 Å². The first kappa shape index (κ1) is 16.2. The number of carboxylic acids is 1. The molecule has 1 aromatic carbocycles. The molecule has 2 N–H and O–H groups in total. The number of amides is 1. The van der Waals surface area contributed by atoms with Gasteiger partial charge in [0.2, 0.25) is 5.91 Å². The van der Waals surface area contributed by atoms with Gasteiger partial charge in [0.25, 0.3) is 0 Å². The summed E-state index contributed by atoms with van der Waals surface area (Å²) in [5, 5.41) is 11.7. The molecule has 1 amide bonds. The molecule has 0 aliphatic heterocycles. The summed E-state index contributed by atoms with van der Waals surface area (Å²) >= 11 is 0. The van der Waals surface area contributed by atoms with E-state index >= 15 is 0 Å². The lowest BCUT2D eigenvalue weighted by Gasteiger charge is -2.24. The lowest BCUT2D eigenvalue weighted by Crippen LogP contribution is -2.41. The zero-order valence-corrected chi connectivity index (χ0v) is 12.4. The molecule has 5 heteroatoms. The molecule has 20 heavy (non-hydrogen) atoms. The Labute approximate surface area is 119 Å². The minimum atomic E-state index is -0.932. The minimum Gasteiger partial charge on any atom is -0.480 e. The summed E-state index contributed by atoms with van der Waals surface area (Å²) in [5.41, 5.74) is 2.90. The molecule has 0 atom stereocenters. The Morgan fingerprint density at radius 3 is 2.45 bits per heavy atom. The van der Waals surface area contributed by atoms with E-state index in [0.29, 0.717) is 0 Å².